The smallest absolute Gasteiger partial charge is 0.268 e. The Hall–Kier alpha value is -1.36. The Morgan fingerprint density at radius 1 is 1.31 bits per heavy atom. The van der Waals surface area contributed by atoms with E-state index in [4.69, 9.17) is 14.2 Å². The third-order valence-corrected chi connectivity index (χ3v) is 2.06. The van der Waals surface area contributed by atoms with E-state index < -0.39 is 12.5 Å². The maximum Gasteiger partial charge on any atom is 0.268 e. The molecule has 2 rings (SSSR count). The average molecular weight is 230 g/mol. The number of hydrogen-bond donors (Lipinski definition) is 0. The summed E-state index contributed by atoms with van der Waals surface area (Å²) in [5, 5.41) is 0. The number of ether oxygens (including phenoxy) is 3. The van der Waals surface area contributed by atoms with Gasteiger partial charge in [0.25, 0.3) is 5.92 Å². The molecule has 5 heteroatoms. The zero-order valence-electron chi connectivity index (χ0n) is 8.83. The number of rotatable bonds is 4. The summed E-state index contributed by atoms with van der Waals surface area (Å²) < 4.78 is 40.1. The van der Waals surface area contributed by atoms with Crippen molar-refractivity contribution in [1.82, 2.24) is 0 Å². The molecule has 0 saturated heterocycles. The van der Waals surface area contributed by atoms with E-state index in [-0.39, 0.29) is 13.4 Å². The third-order valence-electron chi connectivity index (χ3n) is 2.06. The van der Waals surface area contributed by atoms with Gasteiger partial charge in [-0.05, 0) is 17.7 Å². The van der Waals surface area contributed by atoms with Gasteiger partial charge >= 0.3 is 0 Å². The van der Waals surface area contributed by atoms with Crippen molar-refractivity contribution in [2.24, 2.45) is 0 Å². The molecule has 16 heavy (non-hydrogen) atoms. The van der Waals surface area contributed by atoms with E-state index in [1.807, 2.05) is 0 Å². The molecule has 0 unspecified atom stereocenters. The molecule has 0 aromatic heterocycles. The molecule has 0 bridgehead atoms. The van der Waals surface area contributed by atoms with Gasteiger partial charge in [0.15, 0.2) is 11.5 Å². The Labute approximate surface area is 91.9 Å². The fourth-order valence-corrected chi connectivity index (χ4v) is 1.38. The van der Waals surface area contributed by atoms with E-state index in [9.17, 15) is 8.78 Å². The van der Waals surface area contributed by atoms with Crippen molar-refractivity contribution < 1.29 is 23.0 Å². The molecular formula is C11H12F2O3. The summed E-state index contributed by atoms with van der Waals surface area (Å²) in [4.78, 5) is 0. The van der Waals surface area contributed by atoms with Crippen LogP contribution in [0.4, 0.5) is 8.78 Å². The predicted molar refractivity (Wildman–Crippen MR) is 52.8 cm³/mol. The summed E-state index contributed by atoms with van der Waals surface area (Å²) in [5.41, 5.74) is 0.786. The van der Waals surface area contributed by atoms with Gasteiger partial charge in [0.1, 0.15) is 6.61 Å². The maximum atomic E-state index is 12.5. The van der Waals surface area contributed by atoms with Crippen LogP contribution in [0, 0.1) is 0 Å². The van der Waals surface area contributed by atoms with Gasteiger partial charge in [0.2, 0.25) is 6.79 Å². The Kier molecular flexibility index (Phi) is 2.96. The molecule has 1 aromatic carbocycles. The van der Waals surface area contributed by atoms with Gasteiger partial charge in [0.05, 0.1) is 6.61 Å². The van der Waals surface area contributed by atoms with Gasteiger partial charge in [-0.3, -0.25) is 0 Å². The van der Waals surface area contributed by atoms with Crippen molar-refractivity contribution in [2.75, 3.05) is 13.4 Å². The van der Waals surface area contributed by atoms with E-state index in [0.717, 1.165) is 12.5 Å². The lowest BCUT2D eigenvalue weighted by Gasteiger charge is -2.10. The number of fused-ring (bicyclic) bond motifs is 1. The molecule has 1 aliphatic rings. The van der Waals surface area contributed by atoms with E-state index in [1.54, 1.807) is 18.2 Å². The van der Waals surface area contributed by atoms with Gasteiger partial charge in [-0.15, -0.1) is 0 Å². The highest BCUT2D eigenvalue weighted by Gasteiger charge is 2.21. The van der Waals surface area contributed by atoms with Crippen LogP contribution in [0.3, 0.4) is 0 Å². The molecule has 0 radical (unpaired) electrons. The fraction of sp³-hybridized carbons (Fsp3) is 0.455. The summed E-state index contributed by atoms with van der Waals surface area (Å²) in [7, 11) is 0. The molecule has 0 aliphatic carbocycles. The highest BCUT2D eigenvalue weighted by atomic mass is 19.3. The van der Waals surface area contributed by atoms with Crippen LogP contribution >= 0.6 is 0 Å². The van der Waals surface area contributed by atoms with Crippen LogP contribution in [0.2, 0.25) is 0 Å². The standard InChI is InChI=1S/C11H12F2O3/c1-11(12,13)6-14-5-8-2-3-9-10(4-8)16-7-15-9/h2-4H,5-7H2,1H3. The predicted octanol–water partition coefficient (Wildman–Crippen LogP) is 2.59. The number of halogens is 2. The molecule has 1 heterocycles. The van der Waals surface area contributed by atoms with Crippen molar-refractivity contribution in [3.8, 4) is 11.5 Å². The second-order valence-corrected chi connectivity index (χ2v) is 3.75. The molecule has 3 nitrogen and oxygen atoms in total. The zero-order chi connectivity index (χ0) is 11.6. The minimum atomic E-state index is -2.80. The average Bonchev–Trinajstić information content (AvgIpc) is 2.62. The summed E-state index contributed by atoms with van der Waals surface area (Å²) in [6.45, 7) is 0.584. The first-order chi connectivity index (χ1) is 7.54. The van der Waals surface area contributed by atoms with Crippen LogP contribution in [0.1, 0.15) is 12.5 Å². The summed E-state index contributed by atoms with van der Waals surface area (Å²) in [6.07, 6.45) is 0. The lowest BCUT2D eigenvalue weighted by Crippen LogP contribution is -2.18. The van der Waals surface area contributed by atoms with E-state index in [1.165, 1.54) is 0 Å². The number of benzene rings is 1. The Morgan fingerprint density at radius 2 is 2.06 bits per heavy atom. The molecule has 1 aromatic rings. The Bertz CT molecular complexity index is 374. The molecule has 0 fully saturated rings. The Morgan fingerprint density at radius 3 is 2.81 bits per heavy atom. The monoisotopic (exact) mass is 230 g/mol. The van der Waals surface area contributed by atoms with Crippen molar-refractivity contribution in [3.05, 3.63) is 23.8 Å². The lowest BCUT2D eigenvalue weighted by atomic mass is 10.2. The first-order valence-corrected chi connectivity index (χ1v) is 4.89. The van der Waals surface area contributed by atoms with Crippen molar-refractivity contribution in [3.63, 3.8) is 0 Å². The molecule has 0 spiro atoms. The minimum Gasteiger partial charge on any atom is -0.454 e. The second kappa shape index (κ2) is 4.25. The molecule has 1 aliphatic heterocycles. The minimum absolute atomic E-state index is 0.139. The fourth-order valence-electron chi connectivity index (χ4n) is 1.38. The molecular weight excluding hydrogens is 218 g/mol. The van der Waals surface area contributed by atoms with Gasteiger partial charge in [-0.25, -0.2) is 8.78 Å². The van der Waals surface area contributed by atoms with Crippen LogP contribution in [-0.4, -0.2) is 19.3 Å². The second-order valence-electron chi connectivity index (χ2n) is 3.75. The SMILES string of the molecule is CC(F)(F)COCc1ccc2c(c1)OCO2. The van der Waals surface area contributed by atoms with Crippen molar-refractivity contribution in [1.29, 1.82) is 0 Å². The third kappa shape index (κ3) is 2.82. The lowest BCUT2D eigenvalue weighted by molar-refractivity contribution is -0.0673. The molecule has 0 N–H and O–H groups in total. The summed E-state index contributed by atoms with van der Waals surface area (Å²) in [5.74, 6) is -1.50. The maximum absolute atomic E-state index is 12.5. The highest BCUT2D eigenvalue weighted by molar-refractivity contribution is 5.44. The quantitative estimate of drug-likeness (QED) is 0.795. The Balaban J connectivity index is 1.91. The van der Waals surface area contributed by atoms with Gasteiger partial charge in [0, 0.05) is 6.92 Å². The molecule has 0 atom stereocenters. The number of alkyl halides is 2. The van der Waals surface area contributed by atoms with E-state index >= 15 is 0 Å². The normalized spacial score (nSPS) is 14.2. The van der Waals surface area contributed by atoms with Crippen molar-refractivity contribution in [2.45, 2.75) is 19.5 Å². The van der Waals surface area contributed by atoms with E-state index in [2.05, 4.69) is 0 Å². The zero-order valence-corrected chi connectivity index (χ0v) is 8.83. The highest BCUT2D eigenvalue weighted by Crippen LogP contribution is 2.32. The van der Waals surface area contributed by atoms with Gasteiger partial charge in [-0.1, -0.05) is 6.07 Å². The number of hydrogen-bond acceptors (Lipinski definition) is 3. The van der Waals surface area contributed by atoms with Crippen molar-refractivity contribution >= 4 is 0 Å². The van der Waals surface area contributed by atoms with Gasteiger partial charge in [-0.2, -0.15) is 0 Å². The first-order valence-electron chi connectivity index (χ1n) is 4.89. The largest absolute Gasteiger partial charge is 0.454 e. The van der Waals surface area contributed by atoms with Crippen LogP contribution in [0.25, 0.3) is 0 Å². The molecule has 0 amide bonds. The van der Waals surface area contributed by atoms with Crippen LogP contribution in [0.5, 0.6) is 11.5 Å². The summed E-state index contributed by atoms with van der Waals surface area (Å²) in [6, 6.07) is 5.24. The molecule has 88 valence electrons. The topological polar surface area (TPSA) is 27.7 Å². The molecule has 0 saturated carbocycles. The van der Waals surface area contributed by atoms with Gasteiger partial charge < -0.3 is 14.2 Å². The summed E-state index contributed by atoms with van der Waals surface area (Å²) >= 11 is 0. The van der Waals surface area contributed by atoms with Crippen LogP contribution < -0.4 is 9.47 Å². The van der Waals surface area contributed by atoms with Crippen LogP contribution in [0.15, 0.2) is 18.2 Å². The van der Waals surface area contributed by atoms with Crippen LogP contribution in [-0.2, 0) is 11.3 Å². The first kappa shape index (κ1) is 11.1. The van der Waals surface area contributed by atoms with E-state index in [0.29, 0.717) is 11.5 Å².